The van der Waals surface area contributed by atoms with Gasteiger partial charge in [0.15, 0.2) is 5.96 Å². The summed E-state index contributed by atoms with van der Waals surface area (Å²) in [5, 5.41) is 8.79. The normalized spacial score (nSPS) is 16.7. The number of aliphatic imine (C=N–C) groups is 1. The van der Waals surface area contributed by atoms with E-state index in [2.05, 4.69) is 68.1 Å². The average Bonchev–Trinajstić information content (AvgIpc) is 3.28. The Morgan fingerprint density at radius 1 is 1.33 bits per heavy atom. The van der Waals surface area contributed by atoms with Gasteiger partial charge in [-0.25, -0.2) is 0 Å². The number of aryl methyl sites for hydroxylation is 1. The fourth-order valence-corrected chi connectivity index (χ4v) is 4.11. The maximum Gasteiger partial charge on any atom is 0.191 e. The molecule has 2 aromatic rings. The van der Waals surface area contributed by atoms with Crippen LogP contribution in [0, 0.1) is 6.92 Å². The third-order valence-corrected chi connectivity index (χ3v) is 5.82. The number of halogens is 2. The molecule has 2 N–H and O–H groups in total. The number of nitrogens with one attached hydrogen (secondary N) is 2. The standard InChI is InChI=1S/C19H24BrN3O2S.HI/c1-13-3-4-14(18(7-13)25-16-5-6-24-11-16)9-22-19(21-2)23-10-17-8-15(20)12-26-17;/h3-4,7-8,12,16H,5-6,9-11H2,1-2H3,(H2,21,22,23);1H. The van der Waals surface area contributed by atoms with Crippen LogP contribution in [0.25, 0.3) is 0 Å². The van der Waals surface area contributed by atoms with Crippen molar-refractivity contribution in [2.45, 2.75) is 32.5 Å². The maximum absolute atomic E-state index is 6.16. The van der Waals surface area contributed by atoms with E-state index in [-0.39, 0.29) is 30.1 Å². The monoisotopic (exact) mass is 565 g/mol. The lowest BCUT2D eigenvalue weighted by molar-refractivity contribution is 0.140. The molecule has 8 heteroatoms. The maximum atomic E-state index is 6.16. The first kappa shape index (κ1) is 22.4. The minimum atomic E-state index is 0. The zero-order valence-electron chi connectivity index (χ0n) is 15.5. The average molecular weight is 566 g/mol. The van der Waals surface area contributed by atoms with E-state index >= 15 is 0 Å². The third-order valence-electron chi connectivity index (χ3n) is 4.13. The predicted molar refractivity (Wildman–Crippen MR) is 126 cm³/mol. The van der Waals surface area contributed by atoms with E-state index in [0.29, 0.717) is 13.2 Å². The minimum Gasteiger partial charge on any atom is -0.488 e. The second kappa shape index (κ2) is 11.2. The molecule has 1 saturated heterocycles. The molecule has 1 aromatic carbocycles. The number of guanidine groups is 1. The van der Waals surface area contributed by atoms with Gasteiger partial charge in [0.2, 0.25) is 0 Å². The first-order valence-electron chi connectivity index (χ1n) is 8.65. The Morgan fingerprint density at radius 2 is 2.15 bits per heavy atom. The number of rotatable bonds is 6. The molecule has 1 aromatic heterocycles. The van der Waals surface area contributed by atoms with Crippen LogP contribution in [0.3, 0.4) is 0 Å². The smallest absolute Gasteiger partial charge is 0.191 e. The highest BCUT2D eigenvalue weighted by Crippen LogP contribution is 2.24. The van der Waals surface area contributed by atoms with Crippen molar-refractivity contribution in [1.29, 1.82) is 0 Å². The van der Waals surface area contributed by atoms with Crippen molar-refractivity contribution in [2.75, 3.05) is 20.3 Å². The molecule has 148 valence electrons. The Kier molecular flexibility index (Phi) is 9.34. The molecule has 2 heterocycles. The summed E-state index contributed by atoms with van der Waals surface area (Å²) >= 11 is 5.20. The van der Waals surface area contributed by atoms with Crippen LogP contribution >= 0.6 is 51.2 Å². The van der Waals surface area contributed by atoms with Crippen LogP contribution in [-0.4, -0.2) is 32.3 Å². The van der Waals surface area contributed by atoms with Gasteiger partial charge in [-0.2, -0.15) is 0 Å². The number of thiophene rings is 1. The molecule has 1 aliphatic rings. The van der Waals surface area contributed by atoms with E-state index in [1.165, 1.54) is 10.4 Å². The number of benzene rings is 1. The van der Waals surface area contributed by atoms with E-state index < -0.39 is 0 Å². The second-order valence-corrected chi connectivity index (χ2v) is 8.14. The van der Waals surface area contributed by atoms with Gasteiger partial charge in [0, 0.05) is 40.3 Å². The largest absolute Gasteiger partial charge is 0.488 e. The van der Waals surface area contributed by atoms with Crippen molar-refractivity contribution in [3.05, 3.63) is 50.1 Å². The van der Waals surface area contributed by atoms with Crippen LogP contribution in [0.4, 0.5) is 0 Å². The molecule has 27 heavy (non-hydrogen) atoms. The molecule has 1 aliphatic heterocycles. The highest BCUT2D eigenvalue weighted by molar-refractivity contribution is 14.0. The molecule has 1 unspecified atom stereocenters. The molecule has 0 radical (unpaired) electrons. The van der Waals surface area contributed by atoms with E-state index in [0.717, 1.165) is 41.3 Å². The van der Waals surface area contributed by atoms with Crippen molar-refractivity contribution < 1.29 is 9.47 Å². The van der Waals surface area contributed by atoms with Crippen molar-refractivity contribution in [3.63, 3.8) is 0 Å². The summed E-state index contributed by atoms with van der Waals surface area (Å²) < 4.78 is 12.7. The predicted octanol–water partition coefficient (Wildman–Crippen LogP) is 4.47. The zero-order chi connectivity index (χ0) is 18.4. The van der Waals surface area contributed by atoms with E-state index in [9.17, 15) is 0 Å². The Labute approximate surface area is 190 Å². The third kappa shape index (κ3) is 6.92. The van der Waals surface area contributed by atoms with Gasteiger partial charge in [-0.3, -0.25) is 4.99 Å². The summed E-state index contributed by atoms with van der Waals surface area (Å²) in [5.74, 6) is 1.69. The lowest BCUT2D eigenvalue weighted by Crippen LogP contribution is -2.36. The molecule has 0 bridgehead atoms. The number of hydrogen-bond acceptors (Lipinski definition) is 4. The Bertz CT molecular complexity index is 763. The summed E-state index contributed by atoms with van der Waals surface area (Å²) in [6.07, 6.45) is 1.09. The highest BCUT2D eigenvalue weighted by Gasteiger charge is 2.18. The van der Waals surface area contributed by atoms with Crippen molar-refractivity contribution in [2.24, 2.45) is 4.99 Å². The second-order valence-electron chi connectivity index (χ2n) is 6.23. The van der Waals surface area contributed by atoms with Crippen molar-refractivity contribution in [3.8, 4) is 5.75 Å². The molecule has 3 rings (SSSR count). The molecule has 0 saturated carbocycles. The lowest BCUT2D eigenvalue weighted by atomic mass is 10.1. The van der Waals surface area contributed by atoms with Crippen molar-refractivity contribution in [1.82, 2.24) is 10.6 Å². The topological polar surface area (TPSA) is 54.9 Å². The number of hydrogen-bond donors (Lipinski definition) is 2. The molecule has 1 atom stereocenters. The molecule has 1 fully saturated rings. The molecule has 0 aliphatic carbocycles. The number of nitrogens with zero attached hydrogens (tertiary/aromatic N) is 1. The fraction of sp³-hybridized carbons (Fsp3) is 0.421. The van der Waals surface area contributed by atoms with Gasteiger partial charge in [0.1, 0.15) is 11.9 Å². The van der Waals surface area contributed by atoms with Crippen LogP contribution in [0.15, 0.2) is 39.1 Å². The summed E-state index contributed by atoms with van der Waals surface area (Å²) in [6, 6.07) is 8.42. The van der Waals surface area contributed by atoms with Gasteiger partial charge >= 0.3 is 0 Å². The van der Waals surface area contributed by atoms with E-state index in [1.54, 1.807) is 18.4 Å². The number of ether oxygens (including phenoxy) is 2. The van der Waals surface area contributed by atoms with Gasteiger partial charge in [-0.15, -0.1) is 35.3 Å². The first-order chi connectivity index (χ1) is 12.6. The molecule has 0 amide bonds. The SMILES string of the molecule is CN=C(NCc1cc(Br)cs1)NCc1ccc(C)cc1OC1CCOC1.I. The van der Waals surface area contributed by atoms with Crippen LogP contribution < -0.4 is 15.4 Å². The van der Waals surface area contributed by atoms with Crippen molar-refractivity contribution >= 4 is 57.2 Å². The fourth-order valence-electron chi connectivity index (χ4n) is 2.72. The van der Waals surface area contributed by atoms with Crippen LogP contribution in [-0.2, 0) is 17.8 Å². The Hall–Kier alpha value is -0.840. The van der Waals surface area contributed by atoms with Crippen LogP contribution in [0.1, 0.15) is 22.4 Å². The van der Waals surface area contributed by atoms with Crippen LogP contribution in [0.2, 0.25) is 0 Å². The first-order valence-corrected chi connectivity index (χ1v) is 10.3. The molecule has 0 spiro atoms. The van der Waals surface area contributed by atoms with Gasteiger partial charge in [-0.05, 0) is 40.5 Å². The van der Waals surface area contributed by atoms with Gasteiger partial charge < -0.3 is 20.1 Å². The molecular formula is C19H25BrIN3O2S. The van der Waals surface area contributed by atoms with Gasteiger partial charge in [0.05, 0.1) is 19.8 Å². The van der Waals surface area contributed by atoms with Gasteiger partial charge in [0.25, 0.3) is 0 Å². The van der Waals surface area contributed by atoms with E-state index in [1.807, 2.05) is 0 Å². The summed E-state index contributed by atoms with van der Waals surface area (Å²) in [5.41, 5.74) is 2.30. The van der Waals surface area contributed by atoms with Gasteiger partial charge in [-0.1, -0.05) is 12.1 Å². The van der Waals surface area contributed by atoms with E-state index in [4.69, 9.17) is 9.47 Å². The minimum absolute atomic E-state index is 0. The highest BCUT2D eigenvalue weighted by atomic mass is 127. The lowest BCUT2D eigenvalue weighted by Gasteiger charge is -2.18. The summed E-state index contributed by atoms with van der Waals surface area (Å²) in [6.45, 7) is 4.92. The molecular weight excluding hydrogens is 541 g/mol. The summed E-state index contributed by atoms with van der Waals surface area (Å²) in [4.78, 5) is 5.55. The van der Waals surface area contributed by atoms with Crippen LogP contribution in [0.5, 0.6) is 5.75 Å². The Morgan fingerprint density at radius 3 is 2.81 bits per heavy atom. The zero-order valence-corrected chi connectivity index (χ0v) is 20.2. The quantitative estimate of drug-likeness (QED) is 0.308. The summed E-state index contributed by atoms with van der Waals surface area (Å²) in [7, 11) is 1.78. The Balaban J connectivity index is 0.00000261. The molecule has 5 nitrogen and oxygen atoms in total.